The van der Waals surface area contributed by atoms with Gasteiger partial charge in [-0.05, 0) is 6.42 Å². The maximum absolute atomic E-state index is 12.2. The Morgan fingerprint density at radius 2 is 1.67 bits per heavy atom. The standard InChI is InChI=1S/C8H11F5O2/c1-2-3-4-5-15-6(14)7(9,10)8(11,12)13/h2-5H2,1H3. The lowest BCUT2D eigenvalue weighted by Crippen LogP contribution is -2.45. The molecule has 0 aliphatic carbocycles. The lowest BCUT2D eigenvalue weighted by atomic mass is 10.3. The molecular formula is C8H11F5O2. The van der Waals surface area contributed by atoms with Crippen LogP contribution < -0.4 is 0 Å². The van der Waals surface area contributed by atoms with Crippen LogP contribution in [0.4, 0.5) is 22.0 Å². The summed E-state index contributed by atoms with van der Waals surface area (Å²) in [5.74, 6) is -7.95. The highest BCUT2D eigenvalue weighted by Gasteiger charge is 2.64. The fourth-order valence-corrected chi connectivity index (χ4v) is 0.723. The Balaban J connectivity index is 4.10. The van der Waals surface area contributed by atoms with Crippen LogP contribution >= 0.6 is 0 Å². The number of alkyl halides is 5. The smallest absolute Gasteiger partial charge is 0.461 e. The Hall–Kier alpha value is -0.880. The molecule has 0 rings (SSSR count). The zero-order chi connectivity index (χ0) is 12.1. The summed E-state index contributed by atoms with van der Waals surface area (Å²) in [7, 11) is 0. The van der Waals surface area contributed by atoms with E-state index >= 15 is 0 Å². The highest BCUT2D eigenvalue weighted by molar-refractivity contribution is 5.78. The van der Waals surface area contributed by atoms with E-state index in [2.05, 4.69) is 4.74 Å². The number of halogens is 5. The predicted molar refractivity (Wildman–Crippen MR) is 41.5 cm³/mol. The Morgan fingerprint density at radius 3 is 2.07 bits per heavy atom. The average Bonchev–Trinajstić information content (AvgIpc) is 2.10. The highest BCUT2D eigenvalue weighted by atomic mass is 19.4. The van der Waals surface area contributed by atoms with Gasteiger partial charge in [0.05, 0.1) is 6.61 Å². The normalized spacial score (nSPS) is 12.7. The molecule has 0 atom stereocenters. The van der Waals surface area contributed by atoms with Crippen molar-refractivity contribution in [3.8, 4) is 0 Å². The fourth-order valence-electron chi connectivity index (χ4n) is 0.723. The second-order valence-corrected chi connectivity index (χ2v) is 2.92. The Bertz CT molecular complexity index is 212. The first kappa shape index (κ1) is 14.1. The summed E-state index contributed by atoms with van der Waals surface area (Å²) < 4.78 is 63.1. The lowest BCUT2D eigenvalue weighted by molar-refractivity contribution is -0.280. The number of carbonyl (C=O) groups is 1. The summed E-state index contributed by atoms with van der Waals surface area (Å²) in [5.41, 5.74) is 0. The zero-order valence-electron chi connectivity index (χ0n) is 8.03. The fraction of sp³-hybridized carbons (Fsp3) is 0.875. The van der Waals surface area contributed by atoms with Gasteiger partial charge in [0.2, 0.25) is 0 Å². The number of rotatable bonds is 5. The van der Waals surface area contributed by atoms with Crippen LogP contribution in [0.15, 0.2) is 0 Å². The zero-order valence-corrected chi connectivity index (χ0v) is 8.03. The predicted octanol–water partition coefficient (Wildman–Crippen LogP) is 2.92. The molecular weight excluding hydrogens is 223 g/mol. The molecule has 0 saturated carbocycles. The van der Waals surface area contributed by atoms with Gasteiger partial charge in [0.25, 0.3) is 0 Å². The van der Waals surface area contributed by atoms with Crippen LogP contribution in [0.5, 0.6) is 0 Å². The van der Waals surface area contributed by atoms with Gasteiger partial charge in [-0.2, -0.15) is 22.0 Å². The van der Waals surface area contributed by atoms with Gasteiger partial charge in [0, 0.05) is 0 Å². The minimum absolute atomic E-state index is 0.274. The maximum Gasteiger partial charge on any atom is 0.465 e. The molecule has 2 nitrogen and oxygen atoms in total. The van der Waals surface area contributed by atoms with E-state index in [1.54, 1.807) is 0 Å². The molecule has 0 saturated heterocycles. The van der Waals surface area contributed by atoms with Crippen LogP contribution in [-0.4, -0.2) is 24.7 Å². The molecule has 0 radical (unpaired) electrons. The summed E-state index contributed by atoms with van der Waals surface area (Å²) in [6.07, 6.45) is -4.27. The second-order valence-electron chi connectivity index (χ2n) is 2.92. The third kappa shape index (κ3) is 4.01. The number of carbonyl (C=O) groups excluding carboxylic acids is 1. The van der Waals surface area contributed by atoms with E-state index in [4.69, 9.17) is 0 Å². The van der Waals surface area contributed by atoms with Crippen molar-refractivity contribution < 1.29 is 31.5 Å². The van der Waals surface area contributed by atoms with Crippen molar-refractivity contribution >= 4 is 5.97 Å². The van der Waals surface area contributed by atoms with Crippen LogP contribution in [0.25, 0.3) is 0 Å². The van der Waals surface area contributed by atoms with Crippen molar-refractivity contribution in [2.24, 2.45) is 0 Å². The Labute approximate surface area is 83.4 Å². The average molecular weight is 234 g/mol. The van der Waals surface area contributed by atoms with Gasteiger partial charge >= 0.3 is 18.1 Å². The molecule has 15 heavy (non-hydrogen) atoms. The van der Waals surface area contributed by atoms with Gasteiger partial charge in [0.1, 0.15) is 0 Å². The van der Waals surface area contributed by atoms with E-state index in [0.717, 1.165) is 6.42 Å². The van der Waals surface area contributed by atoms with Crippen molar-refractivity contribution in [2.75, 3.05) is 6.61 Å². The number of hydrogen-bond acceptors (Lipinski definition) is 2. The van der Waals surface area contributed by atoms with Crippen molar-refractivity contribution in [3.05, 3.63) is 0 Å². The van der Waals surface area contributed by atoms with Crippen LogP contribution in [-0.2, 0) is 9.53 Å². The maximum atomic E-state index is 12.2. The van der Waals surface area contributed by atoms with E-state index in [9.17, 15) is 26.7 Å². The first-order chi connectivity index (χ1) is 6.73. The largest absolute Gasteiger partial charge is 0.465 e. The number of esters is 1. The van der Waals surface area contributed by atoms with Gasteiger partial charge in [-0.3, -0.25) is 0 Å². The van der Waals surface area contributed by atoms with Gasteiger partial charge in [-0.25, -0.2) is 4.79 Å². The van der Waals surface area contributed by atoms with Gasteiger partial charge in [-0.1, -0.05) is 19.8 Å². The molecule has 0 aromatic carbocycles. The van der Waals surface area contributed by atoms with Gasteiger partial charge < -0.3 is 4.74 Å². The summed E-state index contributed by atoms with van der Waals surface area (Å²) in [5, 5.41) is 0. The minimum Gasteiger partial charge on any atom is -0.461 e. The van der Waals surface area contributed by atoms with E-state index in [1.807, 2.05) is 6.92 Å². The summed E-state index contributed by atoms with van der Waals surface area (Å²) >= 11 is 0. The molecule has 0 heterocycles. The highest BCUT2D eigenvalue weighted by Crippen LogP contribution is 2.36. The van der Waals surface area contributed by atoms with Crippen molar-refractivity contribution in [1.82, 2.24) is 0 Å². The quantitative estimate of drug-likeness (QED) is 0.415. The minimum atomic E-state index is -5.89. The monoisotopic (exact) mass is 234 g/mol. The molecule has 0 aliphatic heterocycles. The van der Waals surface area contributed by atoms with Crippen LogP contribution in [0.3, 0.4) is 0 Å². The molecule has 7 heteroatoms. The molecule has 0 aliphatic rings. The van der Waals surface area contributed by atoms with E-state index in [1.165, 1.54) is 0 Å². The molecule has 0 aromatic rings. The molecule has 0 spiro atoms. The van der Waals surface area contributed by atoms with Crippen molar-refractivity contribution in [2.45, 2.75) is 38.3 Å². The van der Waals surface area contributed by atoms with E-state index in [-0.39, 0.29) is 6.42 Å². The van der Waals surface area contributed by atoms with E-state index < -0.39 is 24.7 Å². The van der Waals surface area contributed by atoms with Crippen LogP contribution in [0, 0.1) is 0 Å². The van der Waals surface area contributed by atoms with Gasteiger partial charge in [0.15, 0.2) is 0 Å². The van der Waals surface area contributed by atoms with Crippen LogP contribution in [0.2, 0.25) is 0 Å². The number of unbranched alkanes of at least 4 members (excludes halogenated alkanes) is 2. The third-order valence-electron chi connectivity index (χ3n) is 1.59. The molecule has 0 amide bonds. The molecule has 90 valence electrons. The lowest BCUT2D eigenvalue weighted by Gasteiger charge is -2.17. The summed E-state index contributed by atoms with van der Waals surface area (Å²) in [6.45, 7) is 1.39. The first-order valence-corrected chi connectivity index (χ1v) is 4.35. The second kappa shape index (κ2) is 5.27. The molecule has 0 unspecified atom stereocenters. The third-order valence-corrected chi connectivity index (χ3v) is 1.59. The molecule has 0 aromatic heterocycles. The molecule has 0 bridgehead atoms. The first-order valence-electron chi connectivity index (χ1n) is 4.35. The SMILES string of the molecule is CCCCCOC(=O)C(F)(F)C(F)(F)F. The number of hydrogen-bond donors (Lipinski definition) is 0. The Morgan fingerprint density at radius 1 is 1.13 bits per heavy atom. The Kier molecular flexibility index (Phi) is 4.96. The summed E-state index contributed by atoms with van der Waals surface area (Å²) in [4.78, 5) is 10.4. The van der Waals surface area contributed by atoms with Gasteiger partial charge in [-0.15, -0.1) is 0 Å². The molecule has 0 fully saturated rings. The van der Waals surface area contributed by atoms with Crippen LogP contribution in [0.1, 0.15) is 26.2 Å². The van der Waals surface area contributed by atoms with Crippen molar-refractivity contribution in [3.63, 3.8) is 0 Å². The molecule has 0 N–H and O–H groups in total. The number of ether oxygens (including phenoxy) is 1. The van der Waals surface area contributed by atoms with E-state index in [0.29, 0.717) is 6.42 Å². The topological polar surface area (TPSA) is 26.3 Å². The summed E-state index contributed by atoms with van der Waals surface area (Å²) in [6, 6.07) is 0. The van der Waals surface area contributed by atoms with Crippen molar-refractivity contribution in [1.29, 1.82) is 0 Å².